The predicted molar refractivity (Wildman–Crippen MR) is 105 cm³/mol. The average molecular weight is 409 g/mol. The van der Waals surface area contributed by atoms with Gasteiger partial charge in [0.2, 0.25) is 11.8 Å². The van der Waals surface area contributed by atoms with Crippen LogP contribution in [0.4, 0.5) is 0 Å². The second-order valence-electron chi connectivity index (χ2n) is 7.86. The molecule has 154 valence electrons. The highest BCUT2D eigenvalue weighted by atomic mass is 32.2. The van der Waals surface area contributed by atoms with Crippen LogP contribution in [0.5, 0.6) is 0 Å². The Balaban J connectivity index is 2.13. The first-order chi connectivity index (χ1) is 13.1. The second-order valence-corrected chi connectivity index (χ2v) is 9.96. The normalized spacial score (nSPS) is 28.2. The molecule has 0 unspecified atom stereocenters. The Morgan fingerprint density at radius 2 is 1.79 bits per heavy atom. The molecule has 3 atom stereocenters. The number of carbonyl (C=O) groups is 2. The third kappa shape index (κ3) is 3.54. The van der Waals surface area contributed by atoms with Crippen LogP contribution in [0.15, 0.2) is 30.3 Å². The first-order valence-corrected chi connectivity index (χ1v) is 10.8. The zero-order chi connectivity index (χ0) is 20.7. The van der Waals surface area contributed by atoms with E-state index in [1.807, 2.05) is 30.3 Å². The van der Waals surface area contributed by atoms with E-state index >= 15 is 0 Å². The number of likely N-dealkylation sites (tertiary alicyclic amines) is 1. The van der Waals surface area contributed by atoms with Gasteiger partial charge in [-0.05, 0) is 12.0 Å². The zero-order valence-corrected chi connectivity index (χ0v) is 17.6. The molecule has 0 saturated carbocycles. The van der Waals surface area contributed by atoms with Gasteiger partial charge in [-0.25, -0.2) is 0 Å². The molecule has 2 amide bonds. The number of hydrogen-bond donors (Lipinski definition) is 1. The van der Waals surface area contributed by atoms with Crippen LogP contribution in [0.1, 0.15) is 31.9 Å². The molecule has 28 heavy (non-hydrogen) atoms. The molecule has 9 heteroatoms. The van der Waals surface area contributed by atoms with Gasteiger partial charge in [0.05, 0.1) is 11.6 Å². The summed E-state index contributed by atoms with van der Waals surface area (Å²) in [6, 6.07) is 9.10. The summed E-state index contributed by atoms with van der Waals surface area (Å²) >= 11 is 0. The van der Waals surface area contributed by atoms with Crippen molar-refractivity contribution in [3.8, 4) is 0 Å². The number of fused-ring (bicyclic) bond motifs is 1. The number of nitrogens with zero attached hydrogens (tertiary/aromatic N) is 3. The Hall–Kier alpha value is -1.97. The largest absolute Gasteiger partial charge is 0.347 e. The number of nitrogens with one attached hydrogen (secondary N) is 1. The lowest BCUT2D eigenvalue weighted by atomic mass is 9.75. The number of carbonyl (C=O) groups excluding carboxylic acids is 2. The molecule has 1 N–H and O–H groups in total. The SMILES string of the molecule is CC(=O)N[C@@]12CN(C(C)=O)CC[C@@H]1[C@@H](c1ccccc1)N(S(=O)(=O)N(C)C)C2. The highest BCUT2D eigenvalue weighted by Crippen LogP contribution is 2.49. The van der Waals surface area contributed by atoms with Gasteiger partial charge in [-0.2, -0.15) is 17.0 Å². The zero-order valence-electron chi connectivity index (χ0n) is 16.8. The van der Waals surface area contributed by atoms with Crippen LogP contribution in [0.25, 0.3) is 0 Å². The van der Waals surface area contributed by atoms with Gasteiger partial charge in [0, 0.05) is 53.5 Å². The highest BCUT2D eigenvalue weighted by Gasteiger charge is 2.59. The van der Waals surface area contributed by atoms with E-state index in [1.165, 1.54) is 36.6 Å². The van der Waals surface area contributed by atoms with Crippen LogP contribution in [-0.2, 0) is 19.8 Å². The van der Waals surface area contributed by atoms with Crippen molar-refractivity contribution in [1.82, 2.24) is 18.8 Å². The first-order valence-electron chi connectivity index (χ1n) is 9.37. The van der Waals surface area contributed by atoms with Crippen LogP contribution >= 0.6 is 0 Å². The van der Waals surface area contributed by atoms with Gasteiger partial charge >= 0.3 is 0 Å². The fourth-order valence-electron chi connectivity index (χ4n) is 4.59. The van der Waals surface area contributed by atoms with Gasteiger partial charge in [0.25, 0.3) is 10.2 Å². The number of rotatable bonds is 4. The maximum atomic E-state index is 13.2. The van der Waals surface area contributed by atoms with Crippen molar-refractivity contribution < 1.29 is 18.0 Å². The molecule has 2 aliphatic heterocycles. The molecule has 0 bridgehead atoms. The summed E-state index contributed by atoms with van der Waals surface area (Å²) in [4.78, 5) is 25.8. The summed E-state index contributed by atoms with van der Waals surface area (Å²) in [7, 11) is -0.719. The molecule has 2 fully saturated rings. The van der Waals surface area contributed by atoms with Crippen LogP contribution < -0.4 is 5.32 Å². The van der Waals surface area contributed by atoms with E-state index in [-0.39, 0.29) is 24.3 Å². The summed E-state index contributed by atoms with van der Waals surface area (Å²) in [5.74, 6) is -0.441. The average Bonchev–Trinajstić information content (AvgIpc) is 2.96. The summed E-state index contributed by atoms with van der Waals surface area (Å²) < 4.78 is 29.0. The molecular weight excluding hydrogens is 380 g/mol. The molecular formula is C19H28N4O4S. The molecule has 0 aromatic heterocycles. The first kappa shape index (κ1) is 20.8. The Morgan fingerprint density at radius 1 is 1.14 bits per heavy atom. The van der Waals surface area contributed by atoms with Crippen molar-refractivity contribution in [3.05, 3.63) is 35.9 Å². The fraction of sp³-hybridized carbons (Fsp3) is 0.579. The maximum Gasteiger partial charge on any atom is 0.282 e. The summed E-state index contributed by atoms with van der Waals surface area (Å²) in [5.41, 5.74) is 0.0701. The smallest absolute Gasteiger partial charge is 0.282 e. The topological polar surface area (TPSA) is 90.0 Å². The Labute approximate surface area is 166 Å². The predicted octanol–water partition coefficient (Wildman–Crippen LogP) is 0.593. The molecule has 2 heterocycles. The van der Waals surface area contributed by atoms with Gasteiger partial charge < -0.3 is 10.2 Å². The number of benzene rings is 1. The van der Waals surface area contributed by atoms with Gasteiger partial charge in [-0.1, -0.05) is 30.3 Å². The molecule has 8 nitrogen and oxygen atoms in total. The number of amides is 2. The third-order valence-corrected chi connectivity index (χ3v) is 7.66. The summed E-state index contributed by atoms with van der Waals surface area (Å²) in [6.45, 7) is 3.90. The lowest BCUT2D eigenvalue weighted by molar-refractivity contribution is -0.134. The van der Waals surface area contributed by atoms with Crippen molar-refractivity contribution in [3.63, 3.8) is 0 Å². The minimum absolute atomic E-state index is 0.0756. The molecule has 3 rings (SSSR count). The van der Waals surface area contributed by atoms with Crippen LogP contribution in [0.3, 0.4) is 0 Å². The van der Waals surface area contributed by atoms with Crippen molar-refractivity contribution in [2.24, 2.45) is 5.92 Å². The van der Waals surface area contributed by atoms with E-state index < -0.39 is 21.8 Å². The van der Waals surface area contributed by atoms with E-state index in [0.717, 1.165) is 5.56 Å². The van der Waals surface area contributed by atoms with Gasteiger partial charge in [0.15, 0.2) is 0 Å². The maximum absolute atomic E-state index is 13.2. The van der Waals surface area contributed by atoms with E-state index in [1.54, 1.807) is 4.90 Å². The van der Waals surface area contributed by atoms with Crippen LogP contribution in [0.2, 0.25) is 0 Å². The summed E-state index contributed by atoms with van der Waals surface area (Å²) in [5, 5.41) is 3.03. The molecule has 0 spiro atoms. The third-order valence-electron chi connectivity index (χ3n) is 5.79. The van der Waals surface area contributed by atoms with Gasteiger partial charge in [0.1, 0.15) is 0 Å². The standard InChI is InChI=1S/C19H28N4O4S/c1-14(24)20-19-12-22(15(2)25)11-10-17(19)18(16-8-6-5-7-9-16)23(13-19)28(26,27)21(3)4/h5-9,17-18H,10-13H2,1-4H3,(H,20,24)/t17-,18-,19-/m1/s1. The van der Waals surface area contributed by atoms with Gasteiger partial charge in [-0.15, -0.1) is 0 Å². The molecule has 2 aliphatic rings. The molecule has 0 radical (unpaired) electrons. The minimum atomic E-state index is -3.73. The highest BCUT2D eigenvalue weighted by molar-refractivity contribution is 7.86. The molecule has 1 aromatic carbocycles. The van der Waals surface area contributed by atoms with Crippen molar-refractivity contribution in [2.75, 3.05) is 33.7 Å². The minimum Gasteiger partial charge on any atom is -0.347 e. The van der Waals surface area contributed by atoms with Crippen molar-refractivity contribution in [1.29, 1.82) is 0 Å². The fourth-order valence-corrected chi connectivity index (χ4v) is 5.96. The Kier molecular flexibility index (Phi) is 5.53. The molecule has 2 saturated heterocycles. The van der Waals surface area contributed by atoms with Crippen molar-refractivity contribution in [2.45, 2.75) is 31.8 Å². The second kappa shape index (κ2) is 7.46. The van der Waals surface area contributed by atoms with E-state index in [2.05, 4.69) is 5.32 Å². The van der Waals surface area contributed by atoms with E-state index in [4.69, 9.17) is 0 Å². The molecule has 0 aliphatic carbocycles. The van der Waals surface area contributed by atoms with E-state index in [0.29, 0.717) is 19.5 Å². The monoisotopic (exact) mass is 408 g/mol. The quantitative estimate of drug-likeness (QED) is 0.790. The van der Waals surface area contributed by atoms with Crippen LogP contribution in [0, 0.1) is 5.92 Å². The Bertz CT molecular complexity index is 858. The number of piperidine rings is 1. The lowest BCUT2D eigenvalue weighted by Gasteiger charge is -2.45. The van der Waals surface area contributed by atoms with Crippen molar-refractivity contribution >= 4 is 22.0 Å². The summed E-state index contributed by atoms with van der Waals surface area (Å²) in [6.07, 6.45) is 0.610. The Morgan fingerprint density at radius 3 is 2.32 bits per heavy atom. The molecule has 1 aromatic rings. The van der Waals surface area contributed by atoms with Gasteiger partial charge in [-0.3, -0.25) is 9.59 Å². The van der Waals surface area contributed by atoms with Crippen LogP contribution in [-0.4, -0.2) is 73.0 Å². The van der Waals surface area contributed by atoms with E-state index in [9.17, 15) is 18.0 Å². The lowest BCUT2D eigenvalue weighted by Crippen LogP contribution is -2.64. The number of hydrogen-bond acceptors (Lipinski definition) is 4.